The van der Waals surface area contributed by atoms with Crippen molar-refractivity contribution >= 4 is 29.8 Å². The number of fused-ring (bicyclic) bond motifs is 2. The highest BCUT2D eigenvalue weighted by molar-refractivity contribution is 5.95. The lowest BCUT2D eigenvalue weighted by atomic mass is 9.48. The van der Waals surface area contributed by atoms with E-state index in [0.717, 1.165) is 0 Å². The fraction of sp³-hybridized carbons (Fsp3) is 0.514. The lowest BCUT2D eigenvalue weighted by molar-refractivity contribution is -0.281. The Morgan fingerprint density at radius 2 is 1.30 bits per heavy atom. The molecule has 0 amide bonds. The van der Waals surface area contributed by atoms with Crippen molar-refractivity contribution in [2.45, 2.75) is 76.5 Å². The summed E-state index contributed by atoms with van der Waals surface area (Å²) in [6.45, 7) is 8.67. The molecular formula is C35H34O12. The summed E-state index contributed by atoms with van der Waals surface area (Å²) in [5.41, 5.74) is -9.11. The van der Waals surface area contributed by atoms with Crippen molar-refractivity contribution in [3.05, 3.63) is 71.8 Å². The molecule has 2 saturated carbocycles. The molecule has 6 aliphatic rings. The topological polar surface area (TPSA) is 161 Å². The minimum Gasteiger partial charge on any atom is -0.456 e. The van der Waals surface area contributed by atoms with Crippen LogP contribution in [0, 0.1) is 34.0 Å². The third kappa shape index (κ3) is 3.10. The second-order valence-electron chi connectivity index (χ2n) is 14.6. The number of hydrogen-bond acceptors (Lipinski definition) is 12. The van der Waals surface area contributed by atoms with Gasteiger partial charge in [-0.2, -0.15) is 0 Å². The SMILES string of the molecule is CC1C(=O)OC2O[C@@]34C(=O)O[C@H]5C(OC(=O)c6ccccc6)C3([C@@H](OC(=O)c3ccccc3)[C@@H]3OC(=O)[C@@H](C)[C@@]34O)C21[C@@H]5C(C)(C)C. The molecule has 246 valence electrons. The molecule has 0 aromatic heterocycles. The van der Waals surface area contributed by atoms with Gasteiger partial charge in [0.2, 0.25) is 11.9 Å². The van der Waals surface area contributed by atoms with Crippen LogP contribution in [0.15, 0.2) is 60.7 Å². The van der Waals surface area contributed by atoms with E-state index in [-0.39, 0.29) is 11.1 Å². The zero-order valence-corrected chi connectivity index (χ0v) is 26.3. The molecular weight excluding hydrogens is 612 g/mol. The number of rotatable bonds is 4. The zero-order valence-electron chi connectivity index (χ0n) is 26.3. The lowest BCUT2D eigenvalue weighted by Crippen LogP contribution is -2.74. The van der Waals surface area contributed by atoms with Crippen molar-refractivity contribution in [3.8, 4) is 0 Å². The number of benzene rings is 2. The van der Waals surface area contributed by atoms with Crippen molar-refractivity contribution in [2.24, 2.45) is 34.0 Å². The van der Waals surface area contributed by atoms with Gasteiger partial charge in [-0.15, -0.1) is 0 Å². The molecule has 2 aromatic rings. The largest absolute Gasteiger partial charge is 0.456 e. The van der Waals surface area contributed by atoms with Crippen molar-refractivity contribution in [1.82, 2.24) is 0 Å². The molecule has 8 rings (SSSR count). The van der Waals surface area contributed by atoms with Crippen LogP contribution in [0.2, 0.25) is 0 Å². The van der Waals surface area contributed by atoms with Gasteiger partial charge < -0.3 is 33.5 Å². The number of carbonyl (C=O) groups is 5. The molecule has 4 aliphatic heterocycles. The Morgan fingerprint density at radius 3 is 1.85 bits per heavy atom. The fourth-order valence-electron chi connectivity index (χ4n) is 10.3. The van der Waals surface area contributed by atoms with Crippen LogP contribution < -0.4 is 0 Å². The number of hydrogen-bond donors (Lipinski definition) is 1. The summed E-state index contributed by atoms with van der Waals surface area (Å²) in [4.78, 5) is 69.6. The second-order valence-corrected chi connectivity index (χ2v) is 14.6. The van der Waals surface area contributed by atoms with Gasteiger partial charge in [0, 0.05) is 5.92 Å². The maximum Gasteiger partial charge on any atom is 0.343 e. The van der Waals surface area contributed by atoms with E-state index in [1.54, 1.807) is 55.5 Å². The normalized spacial score (nSPS) is 43.7. The van der Waals surface area contributed by atoms with Crippen molar-refractivity contribution in [2.75, 3.05) is 0 Å². The number of aliphatic hydroxyl groups is 1. The zero-order chi connectivity index (χ0) is 33.5. The third-order valence-corrected chi connectivity index (χ3v) is 11.8. The van der Waals surface area contributed by atoms with Crippen molar-refractivity contribution < 1.29 is 57.5 Å². The van der Waals surface area contributed by atoms with Gasteiger partial charge in [-0.25, -0.2) is 14.4 Å². The maximum atomic E-state index is 14.7. The molecule has 1 N–H and O–H groups in total. The molecule has 0 radical (unpaired) electrons. The third-order valence-electron chi connectivity index (χ3n) is 11.8. The Balaban J connectivity index is 1.45. The van der Waals surface area contributed by atoms with Gasteiger partial charge in [-0.3, -0.25) is 9.59 Å². The summed E-state index contributed by atoms with van der Waals surface area (Å²) >= 11 is 0. The lowest BCUT2D eigenvalue weighted by Gasteiger charge is -2.52. The predicted molar refractivity (Wildman–Crippen MR) is 156 cm³/mol. The highest BCUT2D eigenvalue weighted by Gasteiger charge is 3.05. The smallest absolute Gasteiger partial charge is 0.343 e. The average molecular weight is 647 g/mol. The van der Waals surface area contributed by atoms with E-state index in [0.29, 0.717) is 0 Å². The number of esters is 5. The quantitative estimate of drug-likeness (QED) is 0.383. The Kier molecular flexibility index (Phi) is 5.88. The van der Waals surface area contributed by atoms with E-state index < -0.39 is 106 Å². The van der Waals surface area contributed by atoms with E-state index in [9.17, 15) is 29.1 Å². The molecule has 2 bridgehead atoms. The molecule has 2 aromatic carbocycles. The monoisotopic (exact) mass is 646 g/mol. The summed E-state index contributed by atoms with van der Waals surface area (Å²) in [7, 11) is 0. The first kappa shape index (κ1) is 30.1. The minimum absolute atomic E-state index is 0.137. The molecule has 47 heavy (non-hydrogen) atoms. The second kappa shape index (κ2) is 9.19. The average Bonchev–Trinajstić information content (AvgIpc) is 3.66. The molecule has 2 spiro atoms. The summed E-state index contributed by atoms with van der Waals surface area (Å²) in [6.07, 6.45) is -7.43. The van der Waals surface area contributed by atoms with E-state index in [1.165, 1.54) is 19.1 Å². The molecule has 4 saturated heterocycles. The van der Waals surface area contributed by atoms with Gasteiger partial charge in [0.05, 0.1) is 28.4 Å². The summed E-state index contributed by atoms with van der Waals surface area (Å²) < 4.78 is 37.3. The van der Waals surface area contributed by atoms with Crippen LogP contribution in [0.25, 0.3) is 0 Å². The van der Waals surface area contributed by atoms with Crippen LogP contribution in [0.1, 0.15) is 55.3 Å². The van der Waals surface area contributed by atoms with E-state index in [2.05, 4.69) is 0 Å². The first-order valence-corrected chi connectivity index (χ1v) is 15.7. The predicted octanol–water partition coefficient (Wildman–Crippen LogP) is 2.61. The van der Waals surface area contributed by atoms with Crippen LogP contribution in [0.5, 0.6) is 0 Å². The Bertz CT molecular complexity index is 1740. The van der Waals surface area contributed by atoms with Gasteiger partial charge >= 0.3 is 29.8 Å². The molecule has 2 aliphatic carbocycles. The minimum atomic E-state index is -2.53. The van der Waals surface area contributed by atoms with E-state index >= 15 is 0 Å². The van der Waals surface area contributed by atoms with Crippen LogP contribution >= 0.6 is 0 Å². The van der Waals surface area contributed by atoms with Crippen LogP contribution in [-0.2, 0) is 42.8 Å². The van der Waals surface area contributed by atoms with Gasteiger partial charge in [0.1, 0.15) is 11.5 Å². The summed E-state index contributed by atoms with van der Waals surface area (Å²) in [5, 5.41) is 12.9. The van der Waals surface area contributed by atoms with Gasteiger partial charge in [-0.1, -0.05) is 64.1 Å². The van der Waals surface area contributed by atoms with Crippen molar-refractivity contribution in [3.63, 3.8) is 0 Å². The van der Waals surface area contributed by atoms with Crippen LogP contribution in [-0.4, -0.2) is 76.9 Å². The van der Waals surface area contributed by atoms with Gasteiger partial charge in [-0.05, 0) is 36.6 Å². The first-order valence-electron chi connectivity index (χ1n) is 15.7. The van der Waals surface area contributed by atoms with E-state index in [4.69, 9.17) is 28.4 Å². The van der Waals surface area contributed by atoms with Crippen molar-refractivity contribution in [1.29, 1.82) is 0 Å². The van der Waals surface area contributed by atoms with Gasteiger partial charge in [0.15, 0.2) is 23.9 Å². The Morgan fingerprint density at radius 1 is 0.766 bits per heavy atom. The molecule has 5 unspecified atom stereocenters. The molecule has 12 heteroatoms. The van der Waals surface area contributed by atoms with Crippen LogP contribution in [0.3, 0.4) is 0 Å². The molecule has 12 nitrogen and oxygen atoms in total. The highest BCUT2D eigenvalue weighted by Crippen LogP contribution is 2.85. The van der Waals surface area contributed by atoms with Crippen LogP contribution in [0.4, 0.5) is 0 Å². The fourth-order valence-corrected chi connectivity index (χ4v) is 10.3. The Hall–Kier alpha value is -4.29. The number of carbonyl (C=O) groups excluding carboxylic acids is 5. The summed E-state index contributed by atoms with van der Waals surface area (Å²) in [5.74, 6) is -7.44. The first-order chi connectivity index (χ1) is 22.2. The molecule has 6 fully saturated rings. The molecule has 4 heterocycles. The maximum absolute atomic E-state index is 14.7. The van der Waals surface area contributed by atoms with Gasteiger partial charge in [0.25, 0.3) is 0 Å². The summed E-state index contributed by atoms with van der Waals surface area (Å²) in [6, 6.07) is 16.2. The van der Waals surface area contributed by atoms with E-state index in [1.807, 2.05) is 20.8 Å². The highest BCUT2D eigenvalue weighted by atomic mass is 16.8. The molecule has 12 atom stereocenters. The number of ether oxygens (including phenoxy) is 6. The standard InChI is InChI=1S/C35H34O12/c1-16-25(36)46-30-32(16)21(31(3,4)5)20-22(43-27(38)18-12-8-6-9-13-18)33(32)23(44-28(39)19-14-10-7-11-15-19)24-34(41,17(2)26(37)45-24)35(33,47-30)29(40)42-20/h6-17,20-24,30,41H,1-5H3/t16?,17-,20-,21+,22?,23+,24+,30?,32?,33?,34-,35+/m1/s1. The Labute approximate surface area is 269 Å².